The van der Waals surface area contributed by atoms with Gasteiger partial charge in [0.1, 0.15) is 5.82 Å². The Morgan fingerprint density at radius 2 is 1.73 bits per heavy atom. The van der Waals surface area contributed by atoms with Gasteiger partial charge < -0.3 is 15.1 Å². The summed E-state index contributed by atoms with van der Waals surface area (Å²) < 4.78 is 0. The van der Waals surface area contributed by atoms with Gasteiger partial charge in [0.05, 0.1) is 0 Å². The molecule has 116 valence electrons. The molecule has 3 heterocycles. The fourth-order valence-electron chi connectivity index (χ4n) is 3.62. The molecule has 0 unspecified atom stereocenters. The smallest absolute Gasteiger partial charge is 0.136 e. The van der Waals surface area contributed by atoms with E-state index >= 15 is 0 Å². The van der Waals surface area contributed by atoms with Crippen LogP contribution < -0.4 is 15.1 Å². The molecule has 2 aromatic rings. The van der Waals surface area contributed by atoms with Gasteiger partial charge in [-0.05, 0) is 49.4 Å². The summed E-state index contributed by atoms with van der Waals surface area (Å²) >= 11 is 0. The number of benzene rings is 1. The van der Waals surface area contributed by atoms with E-state index < -0.39 is 0 Å². The molecule has 22 heavy (non-hydrogen) atoms. The first-order chi connectivity index (χ1) is 10.9. The SMILES string of the molecule is c1cc2ccc(N3CCCNCC3)cc2c(N2CCCC2)n1. The standard InChI is InChI=1S/C18H24N4/c1-2-11-22(10-1)18-17-14-16(5-4-15(17)6-8-20-18)21-12-3-7-19-9-13-21/h4-6,8,14,19H,1-3,7,9-13H2. The van der Waals surface area contributed by atoms with E-state index in [1.165, 1.54) is 41.5 Å². The molecule has 0 saturated carbocycles. The molecule has 2 aliphatic heterocycles. The van der Waals surface area contributed by atoms with Gasteiger partial charge in [-0.25, -0.2) is 4.98 Å². The van der Waals surface area contributed by atoms with E-state index in [9.17, 15) is 0 Å². The molecule has 2 aliphatic rings. The first-order valence-corrected chi connectivity index (χ1v) is 8.51. The van der Waals surface area contributed by atoms with Crippen LogP contribution in [-0.2, 0) is 0 Å². The van der Waals surface area contributed by atoms with Crippen LogP contribution >= 0.6 is 0 Å². The molecule has 2 fully saturated rings. The van der Waals surface area contributed by atoms with Crippen molar-refractivity contribution in [2.24, 2.45) is 0 Å². The second kappa shape index (κ2) is 6.13. The topological polar surface area (TPSA) is 31.4 Å². The van der Waals surface area contributed by atoms with Gasteiger partial charge in [0.15, 0.2) is 0 Å². The van der Waals surface area contributed by atoms with Crippen LogP contribution in [0.2, 0.25) is 0 Å². The van der Waals surface area contributed by atoms with Crippen LogP contribution in [0.25, 0.3) is 10.8 Å². The Morgan fingerprint density at radius 1 is 0.864 bits per heavy atom. The highest BCUT2D eigenvalue weighted by Gasteiger charge is 2.17. The lowest BCUT2D eigenvalue weighted by molar-refractivity contribution is 0.724. The molecule has 1 aromatic heterocycles. The van der Waals surface area contributed by atoms with Gasteiger partial charge in [0.2, 0.25) is 0 Å². The van der Waals surface area contributed by atoms with Crippen LogP contribution in [0.5, 0.6) is 0 Å². The maximum atomic E-state index is 4.69. The Kier molecular flexibility index (Phi) is 3.85. The molecule has 2 saturated heterocycles. The van der Waals surface area contributed by atoms with Gasteiger partial charge in [0, 0.05) is 50.0 Å². The largest absolute Gasteiger partial charge is 0.370 e. The molecule has 0 radical (unpaired) electrons. The quantitative estimate of drug-likeness (QED) is 0.923. The molecular weight excluding hydrogens is 272 g/mol. The van der Waals surface area contributed by atoms with Crippen LogP contribution in [0.3, 0.4) is 0 Å². The molecule has 4 rings (SSSR count). The molecule has 4 heteroatoms. The molecule has 0 spiro atoms. The van der Waals surface area contributed by atoms with E-state index in [1.807, 2.05) is 6.20 Å². The Hall–Kier alpha value is -1.81. The van der Waals surface area contributed by atoms with Gasteiger partial charge >= 0.3 is 0 Å². The third-order valence-corrected chi connectivity index (χ3v) is 4.84. The first-order valence-electron chi connectivity index (χ1n) is 8.51. The third kappa shape index (κ3) is 2.63. The number of hydrogen-bond donors (Lipinski definition) is 1. The molecule has 0 atom stereocenters. The lowest BCUT2D eigenvalue weighted by atomic mass is 10.1. The first kappa shape index (κ1) is 13.8. The minimum Gasteiger partial charge on any atom is -0.370 e. The highest BCUT2D eigenvalue weighted by molar-refractivity contribution is 5.94. The molecule has 1 aromatic carbocycles. The van der Waals surface area contributed by atoms with Crippen molar-refractivity contribution in [2.45, 2.75) is 19.3 Å². The van der Waals surface area contributed by atoms with Crippen LogP contribution in [0.1, 0.15) is 19.3 Å². The van der Waals surface area contributed by atoms with Crippen molar-refractivity contribution < 1.29 is 0 Å². The molecule has 0 aliphatic carbocycles. The van der Waals surface area contributed by atoms with Crippen LogP contribution in [0.15, 0.2) is 30.5 Å². The van der Waals surface area contributed by atoms with E-state index in [1.54, 1.807) is 0 Å². The summed E-state index contributed by atoms with van der Waals surface area (Å²) in [7, 11) is 0. The number of nitrogens with one attached hydrogen (secondary N) is 1. The van der Waals surface area contributed by atoms with Crippen molar-refractivity contribution in [2.75, 3.05) is 49.1 Å². The fourth-order valence-corrected chi connectivity index (χ4v) is 3.62. The van der Waals surface area contributed by atoms with Crippen molar-refractivity contribution in [3.8, 4) is 0 Å². The van der Waals surface area contributed by atoms with E-state index in [0.29, 0.717) is 0 Å². The highest BCUT2D eigenvalue weighted by atomic mass is 15.2. The van der Waals surface area contributed by atoms with Crippen molar-refractivity contribution in [1.29, 1.82) is 0 Å². The van der Waals surface area contributed by atoms with Gasteiger partial charge in [0.25, 0.3) is 0 Å². The van der Waals surface area contributed by atoms with Gasteiger partial charge in [-0.2, -0.15) is 0 Å². The second-order valence-electron chi connectivity index (χ2n) is 6.32. The molecular formula is C18H24N4. The monoisotopic (exact) mass is 296 g/mol. The number of rotatable bonds is 2. The summed E-state index contributed by atoms with van der Waals surface area (Å²) in [5.74, 6) is 1.17. The maximum absolute atomic E-state index is 4.69. The van der Waals surface area contributed by atoms with Crippen LogP contribution in [0.4, 0.5) is 11.5 Å². The Balaban J connectivity index is 1.73. The number of hydrogen-bond acceptors (Lipinski definition) is 4. The molecule has 0 bridgehead atoms. The average Bonchev–Trinajstić information content (AvgIpc) is 2.96. The number of nitrogens with zero attached hydrogens (tertiary/aromatic N) is 3. The summed E-state index contributed by atoms with van der Waals surface area (Å²) in [4.78, 5) is 9.63. The van der Waals surface area contributed by atoms with E-state index in [0.717, 1.165) is 39.3 Å². The minimum atomic E-state index is 1.07. The van der Waals surface area contributed by atoms with Gasteiger partial charge in [-0.15, -0.1) is 0 Å². The highest BCUT2D eigenvalue weighted by Crippen LogP contribution is 2.30. The molecule has 0 amide bonds. The van der Waals surface area contributed by atoms with Crippen LogP contribution in [0, 0.1) is 0 Å². The third-order valence-electron chi connectivity index (χ3n) is 4.84. The zero-order chi connectivity index (χ0) is 14.8. The zero-order valence-corrected chi connectivity index (χ0v) is 13.1. The van der Waals surface area contributed by atoms with Crippen molar-refractivity contribution in [1.82, 2.24) is 10.3 Å². The molecule has 4 nitrogen and oxygen atoms in total. The summed E-state index contributed by atoms with van der Waals surface area (Å²) in [6.45, 7) is 6.71. The Morgan fingerprint density at radius 3 is 2.64 bits per heavy atom. The van der Waals surface area contributed by atoms with Crippen LogP contribution in [-0.4, -0.2) is 44.3 Å². The summed E-state index contributed by atoms with van der Waals surface area (Å²) in [5.41, 5.74) is 1.34. The van der Waals surface area contributed by atoms with Crippen molar-refractivity contribution in [3.05, 3.63) is 30.5 Å². The zero-order valence-electron chi connectivity index (χ0n) is 13.1. The predicted octanol–water partition coefficient (Wildman–Crippen LogP) is 2.63. The Labute approximate surface area is 132 Å². The maximum Gasteiger partial charge on any atom is 0.136 e. The normalized spacial score (nSPS) is 19.6. The van der Waals surface area contributed by atoms with Gasteiger partial charge in [-0.3, -0.25) is 0 Å². The lowest BCUT2D eigenvalue weighted by Crippen LogP contribution is -2.27. The number of anilines is 2. The number of pyridine rings is 1. The fraction of sp³-hybridized carbons (Fsp3) is 0.500. The van der Waals surface area contributed by atoms with E-state index in [-0.39, 0.29) is 0 Å². The predicted molar refractivity (Wildman–Crippen MR) is 92.9 cm³/mol. The summed E-state index contributed by atoms with van der Waals surface area (Å²) in [5, 5.41) is 6.08. The number of fused-ring (bicyclic) bond motifs is 1. The minimum absolute atomic E-state index is 1.07. The average molecular weight is 296 g/mol. The van der Waals surface area contributed by atoms with E-state index in [2.05, 4.69) is 44.4 Å². The second-order valence-corrected chi connectivity index (χ2v) is 6.32. The lowest BCUT2D eigenvalue weighted by Gasteiger charge is -2.24. The summed E-state index contributed by atoms with van der Waals surface area (Å²) in [6.07, 6.45) is 5.74. The van der Waals surface area contributed by atoms with Crippen molar-refractivity contribution in [3.63, 3.8) is 0 Å². The number of aromatic nitrogens is 1. The Bertz CT molecular complexity index is 641. The molecule has 1 N–H and O–H groups in total. The van der Waals surface area contributed by atoms with Gasteiger partial charge in [-0.1, -0.05) is 6.07 Å². The summed E-state index contributed by atoms with van der Waals surface area (Å²) in [6, 6.07) is 9.00. The van der Waals surface area contributed by atoms with Crippen molar-refractivity contribution >= 4 is 22.3 Å². The van der Waals surface area contributed by atoms with E-state index in [4.69, 9.17) is 0 Å².